The van der Waals surface area contributed by atoms with E-state index in [1.165, 1.54) is 6.26 Å². The van der Waals surface area contributed by atoms with E-state index in [1.807, 2.05) is 0 Å². The van der Waals surface area contributed by atoms with E-state index in [1.54, 1.807) is 34.6 Å². The maximum absolute atomic E-state index is 11.5. The van der Waals surface area contributed by atoms with E-state index < -0.39 is 20.0 Å². The van der Waals surface area contributed by atoms with Gasteiger partial charge in [0.2, 0.25) is 5.91 Å². The van der Waals surface area contributed by atoms with Crippen molar-refractivity contribution in [3.8, 4) is 0 Å². The molecule has 0 aliphatic rings. The van der Waals surface area contributed by atoms with Gasteiger partial charge in [-0.2, -0.15) is 0 Å². The molecule has 0 aromatic rings. The Labute approximate surface area is 92.4 Å². The van der Waals surface area contributed by atoms with Crippen molar-refractivity contribution in [2.24, 2.45) is 5.41 Å². The lowest BCUT2D eigenvalue weighted by Gasteiger charge is -2.25. The van der Waals surface area contributed by atoms with Gasteiger partial charge < -0.3 is 5.32 Å². The van der Waals surface area contributed by atoms with Crippen molar-refractivity contribution in [3.63, 3.8) is 0 Å². The molecule has 1 N–H and O–H groups in total. The first-order chi connectivity index (χ1) is 6.38. The van der Waals surface area contributed by atoms with Crippen molar-refractivity contribution in [1.82, 2.24) is 5.32 Å². The molecule has 90 valence electrons. The number of amides is 1. The van der Waals surface area contributed by atoms with Crippen molar-refractivity contribution < 1.29 is 13.2 Å². The quantitative estimate of drug-likeness (QED) is 0.793. The highest BCUT2D eigenvalue weighted by atomic mass is 32.2. The lowest BCUT2D eigenvalue weighted by atomic mass is 9.95. The molecule has 0 bridgehead atoms. The van der Waals surface area contributed by atoms with Gasteiger partial charge >= 0.3 is 0 Å². The minimum absolute atomic E-state index is 0.140. The number of rotatable bonds is 3. The average Bonchev–Trinajstić information content (AvgIpc) is 1.96. The molecule has 1 amide bonds. The summed E-state index contributed by atoms with van der Waals surface area (Å²) in [7, 11) is -3.16. The number of hydrogen-bond acceptors (Lipinski definition) is 3. The van der Waals surface area contributed by atoms with E-state index in [-0.39, 0.29) is 12.5 Å². The third kappa shape index (κ3) is 4.20. The second kappa shape index (κ2) is 4.12. The van der Waals surface area contributed by atoms with Crippen LogP contribution < -0.4 is 5.32 Å². The molecule has 0 saturated carbocycles. The SMILES string of the molecule is CC(C)(C)C(=O)NCC(C)(C)S(C)(=O)=O. The maximum Gasteiger partial charge on any atom is 0.225 e. The first kappa shape index (κ1) is 14.4. The summed E-state index contributed by atoms with van der Waals surface area (Å²) >= 11 is 0. The van der Waals surface area contributed by atoms with Crippen LogP contribution in [0.4, 0.5) is 0 Å². The third-order valence-corrected chi connectivity index (χ3v) is 4.51. The number of carbonyl (C=O) groups is 1. The highest BCUT2D eigenvalue weighted by Gasteiger charge is 2.32. The lowest BCUT2D eigenvalue weighted by molar-refractivity contribution is -0.128. The Morgan fingerprint density at radius 3 is 1.80 bits per heavy atom. The Morgan fingerprint density at radius 2 is 1.53 bits per heavy atom. The molecular weight excluding hydrogens is 214 g/mol. The van der Waals surface area contributed by atoms with Gasteiger partial charge in [-0.15, -0.1) is 0 Å². The van der Waals surface area contributed by atoms with Crippen LogP contribution in [0.25, 0.3) is 0 Å². The van der Waals surface area contributed by atoms with E-state index in [0.29, 0.717) is 0 Å². The molecule has 0 saturated heterocycles. The summed E-state index contributed by atoms with van der Waals surface area (Å²) in [5, 5.41) is 2.65. The number of nitrogens with one attached hydrogen (secondary N) is 1. The summed E-state index contributed by atoms with van der Waals surface area (Å²) in [6.07, 6.45) is 1.18. The van der Waals surface area contributed by atoms with E-state index in [0.717, 1.165) is 0 Å². The summed E-state index contributed by atoms with van der Waals surface area (Å²) < 4.78 is 21.8. The molecule has 0 heterocycles. The van der Waals surface area contributed by atoms with Gasteiger partial charge in [0.1, 0.15) is 0 Å². The van der Waals surface area contributed by atoms with Gasteiger partial charge in [-0.3, -0.25) is 4.79 Å². The van der Waals surface area contributed by atoms with E-state index in [9.17, 15) is 13.2 Å². The second-order valence-corrected chi connectivity index (χ2v) is 8.11. The van der Waals surface area contributed by atoms with Gasteiger partial charge in [-0.25, -0.2) is 8.42 Å². The lowest BCUT2D eigenvalue weighted by Crippen LogP contribution is -2.46. The van der Waals surface area contributed by atoms with E-state index in [4.69, 9.17) is 0 Å². The van der Waals surface area contributed by atoms with Crippen molar-refractivity contribution in [2.75, 3.05) is 12.8 Å². The predicted molar refractivity (Wildman–Crippen MR) is 61.4 cm³/mol. The fourth-order valence-corrected chi connectivity index (χ4v) is 1.02. The van der Waals surface area contributed by atoms with Gasteiger partial charge in [0, 0.05) is 18.2 Å². The number of carbonyl (C=O) groups excluding carboxylic acids is 1. The van der Waals surface area contributed by atoms with Crippen LogP contribution >= 0.6 is 0 Å². The smallest absolute Gasteiger partial charge is 0.225 e. The maximum atomic E-state index is 11.5. The zero-order valence-electron chi connectivity index (χ0n) is 10.3. The Kier molecular flexibility index (Phi) is 3.96. The highest BCUT2D eigenvalue weighted by molar-refractivity contribution is 7.92. The molecule has 0 fully saturated rings. The van der Waals surface area contributed by atoms with Crippen LogP contribution in [0.1, 0.15) is 34.6 Å². The molecule has 0 atom stereocenters. The molecule has 0 spiro atoms. The van der Waals surface area contributed by atoms with Gasteiger partial charge in [0.15, 0.2) is 9.84 Å². The summed E-state index contributed by atoms with van der Waals surface area (Å²) in [6, 6.07) is 0. The van der Waals surface area contributed by atoms with Gasteiger partial charge in [0.05, 0.1) is 4.75 Å². The standard InChI is InChI=1S/C10H21NO3S/c1-9(2,3)8(12)11-7-10(4,5)15(6,13)14/h7H2,1-6H3,(H,11,12). The molecule has 0 unspecified atom stereocenters. The topological polar surface area (TPSA) is 63.2 Å². The average molecular weight is 235 g/mol. The Balaban J connectivity index is 4.49. The fourth-order valence-electron chi connectivity index (χ4n) is 0.689. The largest absolute Gasteiger partial charge is 0.354 e. The minimum Gasteiger partial charge on any atom is -0.354 e. The van der Waals surface area contributed by atoms with Crippen LogP contribution in [0.2, 0.25) is 0 Å². The molecule has 0 aliphatic heterocycles. The molecule has 0 aliphatic carbocycles. The fraction of sp³-hybridized carbons (Fsp3) is 0.900. The van der Waals surface area contributed by atoms with Gasteiger partial charge in [0.25, 0.3) is 0 Å². The molecule has 0 aromatic carbocycles. The molecule has 5 heteroatoms. The van der Waals surface area contributed by atoms with Crippen molar-refractivity contribution in [1.29, 1.82) is 0 Å². The predicted octanol–water partition coefficient (Wildman–Crippen LogP) is 0.972. The number of hydrogen-bond donors (Lipinski definition) is 1. The first-order valence-corrected chi connectivity index (χ1v) is 6.75. The zero-order valence-corrected chi connectivity index (χ0v) is 11.2. The minimum atomic E-state index is -3.16. The van der Waals surface area contributed by atoms with Crippen LogP contribution in [0.5, 0.6) is 0 Å². The van der Waals surface area contributed by atoms with Gasteiger partial charge in [-0.1, -0.05) is 20.8 Å². The summed E-state index contributed by atoms with van der Waals surface area (Å²) in [4.78, 5) is 11.5. The van der Waals surface area contributed by atoms with Crippen LogP contribution in [-0.4, -0.2) is 31.9 Å². The molecule has 4 nitrogen and oxygen atoms in total. The van der Waals surface area contributed by atoms with Crippen molar-refractivity contribution in [3.05, 3.63) is 0 Å². The summed E-state index contributed by atoms with van der Waals surface area (Å²) in [6.45, 7) is 8.71. The number of sulfone groups is 1. The first-order valence-electron chi connectivity index (χ1n) is 4.86. The third-order valence-electron chi connectivity index (χ3n) is 2.36. The Hall–Kier alpha value is -0.580. The zero-order chi connectivity index (χ0) is 12.5. The molecule has 0 aromatic heterocycles. The van der Waals surface area contributed by atoms with E-state index in [2.05, 4.69) is 5.32 Å². The van der Waals surface area contributed by atoms with Crippen molar-refractivity contribution in [2.45, 2.75) is 39.4 Å². The van der Waals surface area contributed by atoms with Crippen LogP contribution in [0.3, 0.4) is 0 Å². The molecular formula is C10H21NO3S. The summed E-state index contributed by atoms with van der Waals surface area (Å²) in [5.41, 5.74) is -0.492. The molecule has 15 heavy (non-hydrogen) atoms. The van der Waals surface area contributed by atoms with E-state index >= 15 is 0 Å². The monoisotopic (exact) mass is 235 g/mol. The molecule has 0 rings (SSSR count). The molecule has 0 radical (unpaired) electrons. The Morgan fingerprint density at radius 1 is 1.13 bits per heavy atom. The van der Waals surface area contributed by atoms with Crippen LogP contribution in [0.15, 0.2) is 0 Å². The summed E-state index contributed by atoms with van der Waals surface area (Å²) in [5.74, 6) is -0.140. The van der Waals surface area contributed by atoms with Crippen LogP contribution in [0, 0.1) is 5.41 Å². The Bertz CT molecular complexity index is 336. The highest BCUT2D eigenvalue weighted by Crippen LogP contribution is 2.16. The van der Waals surface area contributed by atoms with Crippen molar-refractivity contribution >= 4 is 15.7 Å². The van der Waals surface area contributed by atoms with Gasteiger partial charge in [-0.05, 0) is 13.8 Å². The van der Waals surface area contributed by atoms with Crippen LogP contribution in [-0.2, 0) is 14.6 Å². The second-order valence-electron chi connectivity index (χ2n) is 5.46. The normalized spacial score (nSPS) is 13.7.